The minimum atomic E-state index is -0.375. The Hall–Kier alpha value is -3.13. The number of pyridine rings is 1. The number of hydrogen-bond acceptors (Lipinski definition) is 5. The number of carbonyl (C=O) groups is 1. The number of carbonyl (C=O) groups excluding carboxylic acids is 1. The molecule has 0 unspecified atom stereocenters. The highest BCUT2D eigenvalue weighted by atomic mass is 16.5. The van der Waals surface area contributed by atoms with Crippen LogP contribution in [-0.4, -0.2) is 34.9 Å². The Bertz CT molecular complexity index is 833. The van der Waals surface area contributed by atoms with E-state index in [0.717, 1.165) is 5.56 Å². The second-order valence-electron chi connectivity index (χ2n) is 5.24. The molecule has 8 heteroatoms. The fourth-order valence-electron chi connectivity index (χ4n) is 2.38. The summed E-state index contributed by atoms with van der Waals surface area (Å²) in [7, 11) is 1.59. The second kappa shape index (κ2) is 6.97. The first kappa shape index (κ1) is 15.8. The van der Waals surface area contributed by atoms with Crippen molar-refractivity contribution in [2.75, 3.05) is 24.8 Å². The summed E-state index contributed by atoms with van der Waals surface area (Å²) < 4.78 is 5.18. The fourth-order valence-corrected chi connectivity index (χ4v) is 2.38. The Kier molecular flexibility index (Phi) is 4.57. The standard InChI is InChI=1S/C16H18N6O2/c1-24-9-13(10-5-3-2-4-6-10)19-16(23)20-14-7-12-11(8-18-14)15(17)22-21-12/h2-8,13H,9H2,1H3,(H3,17,21,22)(H2,18,19,20,23)/t13-/m1/s1. The quantitative estimate of drug-likeness (QED) is 0.572. The van der Waals surface area contributed by atoms with E-state index in [0.29, 0.717) is 29.1 Å². The average Bonchev–Trinajstić information content (AvgIpc) is 2.96. The predicted molar refractivity (Wildman–Crippen MR) is 91.5 cm³/mol. The maximum absolute atomic E-state index is 12.2. The van der Waals surface area contributed by atoms with Gasteiger partial charge >= 0.3 is 6.03 Å². The highest BCUT2D eigenvalue weighted by Gasteiger charge is 2.15. The lowest BCUT2D eigenvalue weighted by Gasteiger charge is -2.18. The topological polar surface area (TPSA) is 118 Å². The molecule has 0 saturated heterocycles. The van der Waals surface area contributed by atoms with E-state index in [4.69, 9.17) is 10.5 Å². The van der Waals surface area contributed by atoms with Crippen molar-refractivity contribution in [3.05, 3.63) is 48.2 Å². The number of urea groups is 1. The molecule has 0 fully saturated rings. The number of nitrogens with one attached hydrogen (secondary N) is 3. The summed E-state index contributed by atoms with van der Waals surface area (Å²) in [5, 5.41) is 13.0. The number of H-pyrrole nitrogens is 1. The largest absolute Gasteiger partial charge is 0.382 e. The molecule has 5 N–H and O–H groups in total. The summed E-state index contributed by atoms with van der Waals surface area (Å²) in [5.74, 6) is 0.769. The zero-order valence-electron chi connectivity index (χ0n) is 13.1. The fraction of sp³-hybridized carbons (Fsp3) is 0.188. The van der Waals surface area contributed by atoms with E-state index in [1.165, 1.54) is 0 Å². The Balaban J connectivity index is 1.70. The van der Waals surface area contributed by atoms with Crippen LogP contribution in [0, 0.1) is 0 Å². The lowest BCUT2D eigenvalue weighted by Crippen LogP contribution is -2.35. The van der Waals surface area contributed by atoms with Gasteiger partial charge in [-0.25, -0.2) is 9.78 Å². The lowest BCUT2D eigenvalue weighted by atomic mass is 10.1. The Morgan fingerprint density at radius 3 is 2.92 bits per heavy atom. The SMILES string of the molecule is COC[C@@H](NC(=O)Nc1cc2[nH]nc(N)c2cn1)c1ccccc1. The molecular weight excluding hydrogens is 308 g/mol. The minimum absolute atomic E-state index is 0.261. The molecule has 0 spiro atoms. The number of nitrogen functional groups attached to an aromatic ring is 1. The Morgan fingerprint density at radius 1 is 1.38 bits per heavy atom. The summed E-state index contributed by atoms with van der Waals surface area (Å²) >= 11 is 0. The van der Waals surface area contributed by atoms with Crippen LogP contribution in [0.3, 0.4) is 0 Å². The van der Waals surface area contributed by atoms with Crippen LogP contribution in [0.15, 0.2) is 42.6 Å². The van der Waals surface area contributed by atoms with Crippen molar-refractivity contribution in [1.82, 2.24) is 20.5 Å². The third-order valence-electron chi connectivity index (χ3n) is 3.56. The summed E-state index contributed by atoms with van der Waals surface area (Å²) in [6.07, 6.45) is 1.56. The maximum Gasteiger partial charge on any atom is 0.320 e. The molecule has 24 heavy (non-hydrogen) atoms. The average molecular weight is 326 g/mol. The number of fused-ring (bicyclic) bond motifs is 1. The lowest BCUT2D eigenvalue weighted by molar-refractivity contribution is 0.168. The van der Waals surface area contributed by atoms with Crippen molar-refractivity contribution in [3.63, 3.8) is 0 Å². The van der Waals surface area contributed by atoms with Crippen LogP contribution in [0.4, 0.5) is 16.4 Å². The van der Waals surface area contributed by atoms with Gasteiger partial charge in [0.15, 0.2) is 5.82 Å². The van der Waals surface area contributed by atoms with Gasteiger partial charge < -0.3 is 15.8 Å². The molecule has 3 aromatic rings. The first-order valence-corrected chi connectivity index (χ1v) is 7.38. The van der Waals surface area contributed by atoms with Gasteiger partial charge in [0.2, 0.25) is 0 Å². The van der Waals surface area contributed by atoms with Crippen LogP contribution >= 0.6 is 0 Å². The van der Waals surface area contributed by atoms with Gasteiger partial charge in [-0.1, -0.05) is 30.3 Å². The van der Waals surface area contributed by atoms with Crippen LogP contribution < -0.4 is 16.4 Å². The third kappa shape index (κ3) is 3.44. The highest BCUT2D eigenvalue weighted by molar-refractivity contribution is 5.93. The van der Waals surface area contributed by atoms with E-state index >= 15 is 0 Å². The Morgan fingerprint density at radius 2 is 2.17 bits per heavy atom. The number of anilines is 2. The third-order valence-corrected chi connectivity index (χ3v) is 3.56. The first-order valence-electron chi connectivity index (χ1n) is 7.38. The molecule has 0 saturated carbocycles. The highest BCUT2D eigenvalue weighted by Crippen LogP contribution is 2.19. The molecule has 2 amide bonds. The smallest absolute Gasteiger partial charge is 0.320 e. The van der Waals surface area contributed by atoms with E-state index in [1.54, 1.807) is 19.4 Å². The normalized spacial score (nSPS) is 12.0. The molecule has 0 aliphatic carbocycles. The van der Waals surface area contributed by atoms with Crippen LogP contribution in [0.5, 0.6) is 0 Å². The monoisotopic (exact) mass is 326 g/mol. The number of aromatic nitrogens is 3. The number of nitrogens with zero attached hydrogens (tertiary/aromatic N) is 2. The van der Waals surface area contributed by atoms with Crippen molar-refractivity contribution >= 4 is 28.6 Å². The maximum atomic E-state index is 12.2. The van der Waals surface area contributed by atoms with Crippen LogP contribution in [0.2, 0.25) is 0 Å². The van der Waals surface area contributed by atoms with Gasteiger partial charge in [-0.05, 0) is 5.56 Å². The van der Waals surface area contributed by atoms with E-state index in [2.05, 4.69) is 25.8 Å². The molecule has 3 rings (SSSR count). The van der Waals surface area contributed by atoms with Gasteiger partial charge in [0, 0.05) is 19.4 Å². The number of ether oxygens (including phenoxy) is 1. The molecule has 0 aliphatic rings. The molecule has 0 bridgehead atoms. The Labute approximate surface area is 138 Å². The van der Waals surface area contributed by atoms with E-state index in [1.807, 2.05) is 30.3 Å². The predicted octanol–water partition coefficient (Wildman–Crippen LogP) is 2.05. The van der Waals surface area contributed by atoms with Gasteiger partial charge in [-0.2, -0.15) is 5.10 Å². The van der Waals surface area contributed by atoms with Gasteiger partial charge in [-0.15, -0.1) is 0 Å². The number of nitrogens with two attached hydrogens (primary N) is 1. The molecule has 8 nitrogen and oxygen atoms in total. The van der Waals surface area contributed by atoms with Crippen molar-refractivity contribution in [3.8, 4) is 0 Å². The summed E-state index contributed by atoms with van der Waals surface area (Å²) in [6, 6.07) is 10.6. The van der Waals surface area contributed by atoms with Crippen molar-refractivity contribution in [2.24, 2.45) is 0 Å². The number of amides is 2. The van der Waals surface area contributed by atoms with E-state index in [-0.39, 0.29) is 12.1 Å². The minimum Gasteiger partial charge on any atom is -0.382 e. The molecule has 2 heterocycles. The summed E-state index contributed by atoms with van der Waals surface area (Å²) in [5.41, 5.74) is 7.36. The molecule has 2 aromatic heterocycles. The number of rotatable bonds is 5. The summed E-state index contributed by atoms with van der Waals surface area (Å²) in [4.78, 5) is 16.4. The molecule has 1 atom stereocenters. The summed E-state index contributed by atoms with van der Waals surface area (Å²) in [6.45, 7) is 0.362. The zero-order valence-corrected chi connectivity index (χ0v) is 13.1. The van der Waals surface area contributed by atoms with E-state index < -0.39 is 0 Å². The number of benzene rings is 1. The van der Waals surface area contributed by atoms with Gasteiger partial charge in [-0.3, -0.25) is 10.4 Å². The molecule has 0 aliphatic heterocycles. The second-order valence-corrected chi connectivity index (χ2v) is 5.24. The van der Waals surface area contributed by atoms with Crippen LogP contribution in [0.25, 0.3) is 10.9 Å². The molecular formula is C16H18N6O2. The zero-order chi connectivity index (χ0) is 16.9. The number of hydrogen-bond donors (Lipinski definition) is 4. The van der Waals surface area contributed by atoms with Gasteiger partial charge in [0.1, 0.15) is 5.82 Å². The van der Waals surface area contributed by atoms with Crippen LogP contribution in [0.1, 0.15) is 11.6 Å². The molecule has 124 valence electrons. The van der Waals surface area contributed by atoms with Crippen molar-refractivity contribution in [2.45, 2.75) is 6.04 Å². The van der Waals surface area contributed by atoms with Crippen LogP contribution in [-0.2, 0) is 4.74 Å². The van der Waals surface area contributed by atoms with Crippen molar-refractivity contribution < 1.29 is 9.53 Å². The molecule has 1 aromatic carbocycles. The van der Waals surface area contributed by atoms with Gasteiger partial charge in [0.25, 0.3) is 0 Å². The van der Waals surface area contributed by atoms with E-state index in [9.17, 15) is 4.79 Å². The van der Waals surface area contributed by atoms with Crippen molar-refractivity contribution in [1.29, 1.82) is 0 Å². The number of methoxy groups -OCH3 is 1. The first-order chi connectivity index (χ1) is 11.7. The number of aromatic amines is 1. The molecule has 0 radical (unpaired) electrons. The van der Waals surface area contributed by atoms with Gasteiger partial charge in [0.05, 0.1) is 23.6 Å².